The molecule has 2 aromatic rings. The van der Waals surface area contributed by atoms with Gasteiger partial charge < -0.3 is 9.84 Å². The summed E-state index contributed by atoms with van der Waals surface area (Å²) in [5, 5.41) is 8.87. The lowest BCUT2D eigenvalue weighted by molar-refractivity contribution is 0.0696. The zero-order chi connectivity index (χ0) is 14.5. The third-order valence-corrected chi connectivity index (χ3v) is 3.54. The third kappa shape index (κ3) is 3.65. The van der Waals surface area contributed by atoms with Crippen LogP contribution in [-0.4, -0.2) is 11.1 Å². The van der Waals surface area contributed by atoms with Crippen LogP contribution in [0.15, 0.2) is 46.9 Å². The number of halogens is 2. The highest BCUT2D eigenvalue weighted by atomic mass is 79.9. The molecule has 0 fully saturated rings. The molecule has 104 valence electrons. The topological polar surface area (TPSA) is 46.5 Å². The van der Waals surface area contributed by atoms with Gasteiger partial charge in [0, 0.05) is 10.0 Å². The highest BCUT2D eigenvalue weighted by Gasteiger charge is 2.09. The maximum absolute atomic E-state index is 13.6. The molecular weight excluding hydrogens is 327 g/mol. The summed E-state index contributed by atoms with van der Waals surface area (Å²) in [5.74, 6) is -1.56. The van der Waals surface area contributed by atoms with Gasteiger partial charge in [-0.15, -0.1) is 0 Å². The molecule has 0 saturated heterocycles. The first-order chi connectivity index (χ1) is 9.58. The highest BCUT2D eigenvalue weighted by Crippen LogP contribution is 2.18. The second-order valence-electron chi connectivity index (χ2n) is 4.20. The first-order valence-corrected chi connectivity index (χ1v) is 6.70. The summed E-state index contributed by atoms with van der Waals surface area (Å²) in [7, 11) is 0. The van der Waals surface area contributed by atoms with Crippen molar-refractivity contribution in [3.63, 3.8) is 0 Å². The van der Waals surface area contributed by atoms with E-state index in [0.29, 0.717) is 6.61 Å². The van der Waals surface area contributed by atoms with Crippen molar-refractivity contribution in [1.29, 1.82) is 0 Å². The molecule has 2 rings (SSSR count). The van der Waals surface area contributed by atoms with Gasteiger partial charge in [0.1, 0.15) is 5.82 Å². The molecule has 0 heterocycles. The molecule has 0 saturated carbocycles. The number of carboxylic acid groups (broad SMARTS) is 1. The molecule has 0 aliphatic rings. The Morgan fingerprint density at radius 2 is 1.85 bits per heavy atom. The van der Waals surface area contributed by atoms with E-state index < -0.39 is 11.8 Å². The van der Waals surface area contributed by atoms with Crippen LogP contribution in [0, 0.1) is 5.82 Å². The van der Waals surface area contributed by atoms with E-state index in [-0.39, 0.29) is 17.7 Å². The lowest BCUT2D eigenvalue weighted by Crippen LogP contribution is -2.02. The lowest BCUT2D eigenvalue weighted by Gasteiger charge is -2.08. The molecule has 0 amide bonds. The Bertz CT molecular complexity index is 628. The van der Waals surface area contributed by atoms with E-state index in [0.717, 1.165) is 16.1 Å². The molecule has 1 N–H and O–H groups in total. The predicted octanol–water partition coefficient (Wildman–Crippen LogP) is 4.00. The van der Waals surface area contributed by atoms with Crippen molar-refractivity contribution < 1.29 is 19.0 Å². The Kier molecular flexibility index (Phi) is 4.87. The molecule has 0 bridgehead atoms. The fraction of sp³-hybridized carbons (Fsp3) is 0.133. The second kappa shape index (κ2) is 6.63. The summed E-state index contributed by atoms with van der Waals surface area (Å²) >= 11 is 3.40. The van der Waals surface area contributed by atoms with Crippen LogP contribution in [-0.2, 0) is 18.0 Å². The van der Waals surface area contributed by atoms with Crippen molar-refractivity contribution in [2.24, 2.45) is 0 Å². The molecule has 20 heavy (non-hydrogen) atoms. The van der Waals surface area contributed by atoms with Gasteiger partial charge in [-0.3, -0.25) is 0 Å². The number of carboxylic acids is 1. The van der Waals surface area contributed by atoms with E-state index in [1.54, 1.807) is 0 Å². The second-order valence-corrected chi connectivity index (χ2v) is 5.05. The fourth-order valence-corrected chi connectivity index (χ4v) is 2.10. The minimum Gasteiger partial charge on any atom is -0.478 e. The Hall–Kier alpha value is -1.72. The van der Waals surface area contributed by atoms with Crippen molar-refractivity contribution in [3.8, 4) is 0 Å². The van der Waals surface area contributed by atoms with Crippen molar-refractivity contribution in [2.75, 3.05) is 0 Å². The SMILES string of the molecule is O=C(O)c1ccc(F)c(COCc2ccccc2Br)c1. The molecule has 0 aromatic heterocycles. The quantitative estimate of drug-likeness (QED) is 0.896. The molecule has 0 aliphatic carbocycles. The van der Waals surface area contributed by atoms with Crippen molar-refractivity contribution in [3.05, 3.63) is 69.4 Å². The van der Waals surface area contributed by atoms with Gasteiger partial charge in [-0.05, 0) is 29.8 Å². The van der Waals surface area contributed by atoms with E-state index in [4.69, 9.17) is 9.84 Å². The van der Waals surface area contributed by atoms with Gasteiger partial charge >= 0.3 is 5.97 Å². The number of hydrogen-bond acceptors (Lipinski definition) is 2. The number of benzene rings is 2. The molecule has 0 spiro atoms. The molecule has 5 heteroatoms. The molecule has 3 nitrogen and oxygen atoms in total. The van der Waals surface area contributed by atoms with E-state index in [9.17, 15) is 9.18 Å². The summed E-state index contributed by atoms with van der Waals surface area (Å²) in [6, 6.07) is 11.2. The highest BCUT2D eigenvalue weighted by molar-refractivity contribution is 9.10. The van der Waals surface area contributed by atoms with Crippen molar-refractivity contribution >= 4 is 21.9 Å². The van der Waals surface area contributed by atoms with Crippen LogP contribution in [0.1, 0.15) is 21.5 Å². The summed E-state index contributed by atoms with van der Waals surface area (Å²) in [4.78, 5) is 10.8. The van der Waals surface area contributed by atoms with Gasteiger partial charge in [0.15, 0.2) is 0 Å². The van der Waals surface area contributed by atoms with Gasteiger partial charge in [0.25, 0.3) is 0 Å². The summed E-state index contributed by atoms with van der Waals surface area (Å²) < 4.78 is 19.9. The molecule has 0 radical (unpaired) electrons. The van der Waals surface area contributed by atoms with Crippen LogP contribution in [0.3, 0.4) is 0 Å². The zero-order valence-corrected chi connectivity index (χ0v) is 12.1. The summed E-state index contributed by atoms with van der Waals surface area (Å²) in [6.07, 6.45) is 0. The Morgan fingerprint density at radius 1 is 1.15 bits per heavy atom. The molecule has 2 aromatic carbocycles. The third-order valence-electron chi connectivity index (χ3n) is 2.77. The Labute approximate surface area is 124 Å². The standard InChI is InChI=1S/C15H12BrFO3/c16-13-4-2-1-3-11(13)8-20-9-12-7-10(15(18)19)5-6-14(12)17/h1-7H,8-9H2,(H,18,19). The number of rotatable bonds is 5. The monoisotopic (exact) mass is 338 g/mol. The molecule has 0 aliphatic heterocycles. The zero-order valence-electron chi connectivity index (χ0n) is 10.5. The minimum atomic E-state index is -1.09. The van der Waals surface area contributed by atoms with Crippen LogP contribution >= 0.6 is 15.9 Å². The van der Waals surface area contributed by atoms with Crippen LogP contribution in [0.5, 0.6) is 0 Å². The molecule has 0 atom stereocenters. The van der Waals surface area contributed by atoms with Crippen LogP contribution in [0.4, 0.5) is 4.39 Å². The normalized spacial score (nSPS) is 10.5. The van der Waals surface area contributed by atoms with E-state index in [1.165, 1.54) is 12.1 Å². The first kappa shape index (κ1) is 14.7. The maximum atomic E-state index is 13.6. The van der Waals surface area contributed by atoms with Crippen molar-refractivity contribution in [1.82, 2.24) is 0 Å². The smallest absolute Gasteiger partial charge is 0.335 e. The molecule has 0 unspecified atom stereocenters. The van der Waals surface area contributed by atoms with E-state index >= 15 is 0 Å². The summed E-state index contributed by atoms with van der Waals surface area (Å²) in [6.45, 7) is 0.340. The van der Waals surface area contributed by atoms with Crippen molar-refractivity contribution in [2.45, 2.75) is 13.2 Å². The fourth-order valence-electron chi connectivity index (χ4n) is 1.70. The van der Waals surface area contributed by atoms with Gasteiger partial charge in [-0.25, -0.2) is 9.18 Å². The Morgan fingerprint density at radius 3 is 2.55 bits per heavy atom. The van der Waals surface area contributed by atoms with Crippen LogP contribution in [0.25, 0.3) is 0 Å². The van der Waals surface area contributed by atoms with Crippen LogP contribution in [0.2, 0.25) is 0 Å². The Balaban J connectivity index is 2.02. The minimum absolute atomic E-state index is 0.0221. The van der Waals surface area contributed by atoms with E-state index in [1.807, 2.05) is 24.3 Å². The largest absolute Gasteiger partial charge is 0.478 e. The van der Waals surface area contributed by atoms with Gasteiger partial charge in [0.05, 0.1) is 18.8 Å². The average molecular weight is 339 g/mol. The predicted molar refractivity (Wildman–Crippen MR) is 76.0 cm³/mol. The lowest BCUT2D eigenvalue weighted by atomic mass is 10.1. The van der Waals surface area contributed by atoms with Gasteiger partial charge in [0.2, 0.25) is 0 Å². The van der Waals surface area contributed by atoms with Gasteiger partial charge in [-0.2, -0.15) is 0 Å². The summed E-state index contributed by atoms with van der Waals surface area (Å²) in [5.41, 5.74) is 1.23. The van der Waals surface area contributed by atoms with Crippen LogP contribution < -0.4 is 0 Å². The average Bonchev–Trinajstić information content (AvgIpc) is 2.42. The maximum Gasteiger partial charge on any atom is 0.335 e. The molecular formula is C15H12BrFO3. The number of aromatic carboxylic acids is 1. The first-order valence-electron chi connectivity index (χ1n) is 5.91. The van der Waals surface area contributed by atoms with Gasteiger partial charge in [-0.1, -0.05) is 34.1 Å². The number of hydrogen-bond donors (Lipinski definition) is 1. The number of carbonyl (C=O) groups is 1. The van der Waals surface area contributed by atoms with E-state index in [2.05, 4.69) is 15.9 Å². The number of ether oxygens (including phenoxy) is 1.